The van der Waals surface area contributed by atoms with Gasteiger partial charge in [0.15, 0.2) is 6.10 Å². The quantitative estimate of drug-likeness (QED) is 0.644. The van der Waals surface area contributed by atoms with Gasteiger partial charge in [-0.25, -0.2) is 9.59 Å². The number of nitrogens with zero attached hydrogens (tertiary/aromatic N) is 1. The second-order valence-electron chi connectivity index (χ2n) is 4.32. The summed E-state index contributed by atoms with van der Waals surface area (Å²) in [6, 6.07) is 0. The lowest BCUT2D eigenvalue weighted by molar-refractivity contribution is -0.159. The summed E-state index contributed by atoms with van der Waals surface area (Å²) < 4.78 is 10.9. The third kappa shape index (κ3) is 2.45. The summed E-state index contributed by atoms with van der Waals surface area (Å²) in [5, 5.41) is 9.72. The smallest absolute Gasteiger partial charge is 0.337 e. The van der Waals surface area contributed by atoms with Crippen LogP contribution >= 0.6 is 0 Å². The van der Waals surface area contributed by atoms with E-state index in [0.717, 1.165) is 4.57 Å². The molecule has 2 N–H and O–H groups in total. The average Bonchev–Trinajstić information content (AvgIpc) is 2.75. The largest absolute Gasteiger partial charge is 0.467 e. The Morgan fingerprint density at radius 1 is 1.58 bits per heavy atom. The molecule has 8 heteroatoms. The Morgan fingerprint density at radius 3 is 2.89 bits per heavy atom. The van der Waals surface area contributed by atoms with Crippen molar-refractivity contribution >= 4 is 5.97 Å². The minimum Gasteiger partial charge on any atom is -0.467 e. The summed E-state index contributed by atoms with van der Waals surface area (Å²) >= 11 is 0. The van der Waals surface area contributed by atoms with Crippen LogP contribution in [-0.4, -0.2) is 39.9 Å². The molecule has 3 atom stereocenters. The highest BCUT2D eigenvalue weighted by molar-refractivity contribution is 5.75. The summed E-state index contributed by atoms with van der Waals surface area (Å²) in [5.41, 5.74) is -0.804. The van der Waals surface area contributed by atoms with E-state index in [-0.39, 0.29) is 6.42 Å². The molecule has 0 bridgehead atoms. The number of hydrogen-bond donors (Lipinski definition) is 2. The molecule has 0 saturated carbocycles. The predicted octanol–water partition coefficient (Wildman–Crippen LogP) is -1.33. The lowest BCUT2D eigenvalue weighted by atomic mass is 10.2. The Hall–Kier alpha value is -1.93. The second-order valence-corrected chi connectivity index (χ2v) is 4.32. The van der Waals surface area contributed by atoms with E-state index in [0.29, 0.717) is 5.56 Å². The number of hydrogen-bond acceptors (Lipinski definition) is 6. The first kappa shape index (κ1) is 13.5. The minimum atomic E-state index is -1.13. The highest BCUT2D eigenvalue weighted by Gasteiger charge is 2.40. The number of aromatic amines is 1. The molecule has 0 amide bonds. The van der Waals surface area contributed by atoms with Crippen LogP contribution in [0.4, 0.5) is 0 Å². The second kappa shape index (κ2) is 4.98. The molecule has 0 spiro atoms. The zero-order chi connectivity index (χ0) is 14.2. The molecule has 1 aliphatic rings. The summed E-state index contributed by atoms with van der Waals surface area (Å²) in [4.78, 5) is 36.4. The normalized spacial score (nSPS) is 26.4. The highest BCUT2D eigenvalue weighted by atomic mass is 16.6. The summed E-state index contributed by atoms with van der Waals surface area (Å²) in [6.45, 7) is 1.54. The number of carbonyl (C=O) groups is 1. The van der Waals surface area contributed by atoms with E-state index in [1.807, 2.05) is 0 Å². The lowest BCUT2D eigenvalue weighted by Gasteiger charge is -2.14. The Balaban J connectivity index is 2.30. The maximum Gasteiger partial charge on any atom is 0.337 e. The Morgan fingerprint density at radius 2 is 2.26 bits per heavy atom. The first-order chi connectivity index (χ1) is 8.93. The molecule has 0 radical (unpaired) electrons. The fourth-order valence-electron chi connectivity index (χ4n) is 1.95. The Bertz CT molecular complexity index is 604. The first-order valence-electron chi connectivity index (χ1n) is 5.67. The maximum absolute atomic E-state index is 11.7. The monoisotopic (exact) mass is 270 g/mol. The SMILES string of the molecule is COC(=O)[C@H]1O[C@@H](n2cc(C)c(=O)[nH]c2=O)C[C@H]1O. The van der Waals surface area contributed by atoms with Gasteiger partial charge in [-0.15, -0.1) is 0 Å². The summed E-state index contributed by atoms with van der Waals surface area (Å²) in [7, 11) is 1.18. The minimum absolute atomic E-state index is 0.0607. The number of aliphatic hydroxyl groups is 1. The molecule has 1 saturated heterocycles. The Labute approximate surface area is 107 Å². The molecular weight excluding hydrogens is 256 g/mol. The van der Waals surface area contributed by atoms with Gasteiger partial charge in [0.2, 0.25) is 0 Å². The number of rotatable bonds is 2. The number of aliphatic hydroxyl groups excluding tert-OH is 1. The summed E-state index contributed by atoms with van der Waals surface area (Å²) in [5.74, 6) is -0.704. The molecule has 0 aromatic carbocycles. The molecule has 8 nitrogen and oxygen atoms in total. The number of nitrogens with one attached hydrogen (secondary N) is 1. The number of aromatic nitrogens is 2. The Kier molecular flexibility index (Phi) is 3.54. The van der Waals surface area contributed by atoms with Crippen LogP contribution in [0.3, 0.4) is 0 Å². The molecule has 2 heterocycles. The standard InChI is InChI=1S/C11H14N2O6/c1-5-4-13(11(17)12-9(5)15)7-3-6(14)8(19-7)10(16)18-2/h4,6-8,14H,3H2,1-2H3,(H,12,15,17)/t6-,7-,8+/m1/s1. The van der Waals surface area contributed by atoms with Crippen LogP contribution in [0.15, 0.2) is 15.8 Å². The number of H-pyrrole nitrogens is 1. The van der Waals surface area contributed by atoms with Crippen molar-refractivity contribution in [2.24, 2.45) is 0 Å². The van der Waals surface area contributed by atoms with Gasteiger partial charge in [0, 0.05) is 18.2 Å². The predicted molar refractivity (Wildman–Crippen MR) is 62.6 cm³/mol. The van der Waals surface area contributed by atoms with Crippen LogP contribution in [0.1, 0.15) is 18.2 Å². The van der Waals surface area contributed by atoms with Gasteiger partial charge < -0.3 is 14.6 Å². The van der Waals surface area contributed by atoms with Gasteiger partial charge in [0.05, 0.1) is 13.2 Å². The number of carbonyl (C=O) groups excluding carboxylic acids is 1. The van der Waals surface area contributed by atoms with Gasteiger partial charge in [-0.2, -0.15) is 0 Å². The molecule has 0 aliphatic carbocycles. The van der Waals surface area contributed by atoms with Crippen LogP contribution in [0.2, 0.25) is 0 Å². The molecular formula is C11H14N2O6. The third-order valence-electron chi connectivity index (χ3n) is 2.99. The van der Waals surface area contributed by atoms with Crippen LogP contribution in [0.5, 0.6) is 0 Å². The lowest BCUT2D eigenvalue weighted by Crippen LogP contribution is -2.34. The van der Waals surface area contributed by atoms with Crippen LogP contribution < -0.4 is 11.2 Å². The number of esters is 1. The molecule has 0 unspecified atom stereocenters. The van der Waals surface area contributed by atoms with Crippen LogP contribution in [-0.2, 0) is 14.3 Å². The van der Waals surface area contributed by atoms with Crippen molar-refractivity contribution in [1.82, 2.24) is 9.55 Å². The highest BCUT2D eigenvalue weighted by Crippen LogP contribution is 2.28. The number of ether oxygens (including phenoxy) is 2. The summed E-state index contributed by atoms with van der Waals surface area (Å²) in [6.07, 6.45) is -1.61. The fraction of sp³-hybridized carbons (Fsp3) is 0.545. The van der Waals surface area contributed by atoms with Gasteiger partial charge in [0.25, 0.3) is 5.56 Å². The van der Waals surface area contributed by atoms with Crippen LogP contribution in [0.25, 0.3) is 0 Å². The maximum atomic E-state index is 11.7. The molecule has 1 fully saturated rings. The molecule has 1 aliphatic heterocycles. The van der Waals surface area contributed by atoms with E-state index in [2.05, 4.69) is 9.72 Å². The molecule has 2 rings (SSSR count). The van der Waals surface area contributed by atoms with Crippen molar-refractivity contribution in [2.75, 3.05) is 7.11 Å². The van der Waals surface area contributed by atoms with Crippen LogP contribution in [0, 0.1) is 6.92 Å². The van der Waals surface area contributed by atoms with E-state index >= 15 is 0 Å². The van der Waals surface area contributed by atoms with Gasteiger partial charge in [-0.05, 0) is 6.92 Å². The van der Waals surface area contributed by atoms with Crippen molar-refractivity contribution < 1.29 is 19.4 Å². The van der Waals surface area contributed by atoms with Crippen molar-refractivity contribution in [3.63, 3.8) is 0 Å². The van der Waals surface area contributed by atoms with Crippen molar-refractivity contribution in [2.45, 2.75) is 31.8 Å². The fourth-order valence-corrected chi connectivity index (χ4v) is 1.95. The van der Waals surface area contributed by atoms with Crippen molar-refractivity contribution in [3.05, 3.63) is 32.6 Å². The van der Waals surface area contributed by atoms with Crippen molar-refractivity contribution in [1.29, 1.82) is 0 Å². The van der Waals surface area contributed by atoms with E-state index < -0.39 is 35.7 Å². The molecule has 104 valence electrons. The van der Waals surface area contributed by atoms with Gasteiger partial charge in [-0.1, -0.05) is 0 Å². The van der Waals surface area contributed by atoms with E-state index in [1.54, 1.807) is 0 Å². The number of aryl methyl sites for hydroxylation is 1. The zero-order valence-corrected chi connectivity index (χ0v) is 10.5. The zero-order valence-electron chi connectivity index (χ0n) is 10.5. The van der Waals surface area contributed by atoms with Gasteiger partial charge >= 0.3 is 11.7 Å². The number of methoxy groups -OCH3 is 1. The van der Waals surface area contributed by atoms with E-state index in [4.69, 9.17) is 4.74 Å². The average molecular weight is 270 g/mol. The third-order valence-corrected chi connectivity index (χ3v) is 2.99. The van der Waals surface area contributed by atoms with E-state index in [1.165, 1.54) is 20.2 Å². The molecule has 1 aromatic heterocycles. The molecule has 1 aromatic rings. The topological polar surface area (TPSA) is 111 Å². The van der Waals surface area contributed by atoms with Gasteiger partial charge in [0.1, 0.15) is 6.23 Å². The van der Waals surface area contributed by atoms with Crippen molar-refractivity contribution in [3.8, 4) is 0 Å². The van der Waals surface area contributed by atoms with E-state index in [9.17, 15) is 19.5 Å². The first-order valence-corrected chi connectivity index (χ1v) is 5.67. The molecule has 19 heavy (non-hydrogen) atoms. The van der Waals surface area contributed by atoms with Gasteiger partial charge in [-0.3, -0.25) is 14.3 Å².